The lowest BCUT2D eigenvalue weighted by Gasteiger charge is -2.10. The summed E-state index contributed by atoms with van der Waals surface area (Å²) in [7, 11) is 1.67. The van der Waals surface area contributed by atoms with E-state index >= 15 is 0 Å². The minimum absolute atomic E-state index is 0.278. The minimum Gasteiger partial charge on any atom is -0.304 e. The van der Waals surface area contributed by atoms with Crippen LogP contribution < -0.4 is 5.32 Å². The van der Waals surface area contributed by atoms with Crippen molar-refractivity contribution in [3.8, 4) is 11.8 Å². The molecule has 0 atom stereocenters. The number of aryl methyl sites for hydroxylation is 1. The number of nitrogens with zero attached hydrogens (tertiary/aromatic N) is 5. The zero-order valence-electron chi connectivity index (χ0n) is 12.1. The van der Waals surface area contributed by atoms with Crippen molar-refractivity contribution in [2.75, 3.05) is 5.32 Å². The summed E-state index contributed by atoms with van der Waals surface area (Å²) in [5.74, 6) is -0.0668. The average Bonchev–Trinajstić information content (AvgIpc) is 3.11. The maximum atomic E-state index is 12.5. The topological polar surface area (TPSA) is 88.5 Å². The molecule has 0 saturated carbocycles. The van der Waals surface area contributed by atoms with Crippen LogP contribution >= 0.6 is 15.9 Å². The van der Waals surface area contributed by atoms with Crippen LogP contribution in [0.4, 0.5) is 5.82 Å². The number of amides is 1. The van der Waals surface area contributed by atoms with Gasteiger partial charge in [0.2, 0.25) is 0 Å². The first-order valence-electron chi connectivity index (χ1n) is 6.64. The number of halogens is 1. The molecule has 0 aliphatic rings. The van der Waals surface area contributed by atoms with Crippen LogP contribution in [0.5, 0.6) is 0 Å². The second-order valence-electron chi connectivity index (χ2n) is 4.68. The van der Waals surface area contributed by atoms with E-state index < -0.39 is 0 Å². The molecule has 23 heavy (non-hydrogen) atoms. The molecule has 0 unspecified atom stereocenters. The zero-order valence-corrected chi connectivity index (χ0v) is 13.6. The van der Waals surface area contributed by atoms with Crippen LogP contribution in [0.1, 0.15) is 16.1 Å². The molecule has 1 amide bonds. The van der Waals surface area contributed by atoms with Crippen LogP contribution in [0.2, 0.25) is 0 Å². The fourth-order valence-electron chi connectivity index (χ4n) is 2.15. The third-order valence-electron chi connectivity index (χ3n) is 3.23. The first-order chi connectivity index (χ1) is 11.1. The quantitative estimate of drug-likeness (QED) is 0.766. The third-order valence-corrected chi connectivity index (χ3v) is 3.81. The molecule has 1 N–H and O–H groups in total. The number of carbonyl (C=O) groups excluding carboxylic acids is 1. The number of para-hydroxylation sites is 1. The van der Waals surface area contributed by atoms with Crippen molar-refractivity contribution in [1.29, 1.82) is 5.26 Å². The molecule has 0 spiro atoms. The summed E-state index contributed by atoms with van der Waals surface area (Å²) in [5, 5.41) is 20.2. The van der Waals surface area contributed by atoms with E-state index in [1.165, 1.54) is 21.8 Å². The van der Waals surface area contributed by atoms with E-state index in [0.717, 1.165) is 5.69 Å². The summed E-state index contributed by atoms with van der Waals surface area (Å²) in [6.07, 6.45) is 2.95. The highest BCUT2D eigenvalue weighted by atomic mass is 79.9. The number of hydrogen-bond acceptors (Lipinski definition) is 4. The maximum absolute atomic E-state index is 12.5. The highest BCUT2D eigenvalue weighted by molar-refractivity contribution is 9.10. The third kappa shape index (κ3) is 2.74. The van der Waals surface area contributed by atoms with Gasteiger partial charge < -0.3 is 5.32 Å². The summed E-state index contributed by atoms with van der Waals surface area (Å²) >= 11 is 3.29. The van der Waals surface area contributed by atoms with Crippen molar-refractivity contribution in [1.82, 2.24) is 19.6 Å². The van der Waals surface area contributed by atoms with E-state index in [2.05, 4.69) is 31.4 Å². The SMILES string of the molecule is Cn1ncc(Br)c1C(=O)Nc1c(C#N)cnn1-c1ccccc1. The molecule has 0 saturated heterocycles. The number of carbonyl (C=O) groups is 1. The molecule has 7 nitrogen and oxygen atoms in total. The molecular formula is C15H11BrN6O. The van der Waals surface area contributed by atoms with Gasteiger partial charge in [0.1, 0.15) is 17.3 Å². The number of nitrogens with one attached hydrogen (secondary N) is 1. The largest absolute Gasteiger partial charge is 0.304 e. The van der Waals surface area contributed by atoms with Crippen molar-refractivity contribution in [3.05, 3.63) is 58.5 Å². The summed E-state index contributed by atoms with van der Waals surface area (Å²) < 4.78 is 3.54. The molecule has 8 heteroatoms. The molecule has 1 aromatic carbocycles. The van der Waals surface area contributed by atoms with Crippen LogP contribution in [0.3, 0.4) is 0 Å². The normalized spacial score (nSPS) is 10.3. The molecule has 0 aliphatic heterocycles. The van der Waals surface area contributed by atoms with Gasteiger partial charge >= 0.3 is 0 Å². The van der Waals surface area contributed by atoms with Crippen LogP contribution in [-0.4, -0.2) is 25.5 Å². The van der Waals surface area contributed by atoms with Crippen LogP contribution in [0.25, 0.3) is 5.69 Å². The fraction of sp³-hybridized carbons (Fsp3) is 0.0667. The molecule has 3 rings (SSSR count). The predicted octanol–water partition coefficient (Wildman–Crippen LogP) is 2.49. The lowest BCUT2D eigenvalue weighted by molar-refractivity contribution is 0.101. The van der Waals surface area contributed by atoms with Crippen molar-refractivity contribution >= 4 is 27.7 Å². The van der Waals surface area contributed by atoms with Gasteiger partial charge in [0.25, 0.3) is 5.91 Å². The Hall–Kier alpha value is -2.92. The Balaban J connectivity index is 2.02. The van der Waals surface area contributed by atoms with E-state index in [0.29, 0.717) is 16.0 Å². The Morgan fingerprint density at radius 2 is 2.00 bits per heavy atom. The van der Waals surface area contributed by atoms with E-state index in [1.807, 2.05) is 36.4 Å². The second kappa shape index (κ2) is 6.06. The van der Waals surface area contributed by atoms with E-state index in [9.17, 15) is 10.1 Å². The predicted molar refractivity (Wildman–Crippen MR) is 87.1 cm³/mol. The van der Waals surface area contributed by atoms with E-state index in [4.69, 9.17) is 0 Å². The first kappa shape index (κ1) is 15.0. The first-order valence-corrected chi connectivity index (χ1v) is 7.43. The van der Waals surface area contributed by atoms with Gasteiger partial charge in [0.05, 0.1) is 22.6 Å². The van der Waals surface area contributed by atoms with Crippen LogP contribution in [0, 0.1) is 11.3 Å². The highest BCUT2D eigenvalue weighted by Gasteiger charge is 2.20. The smallest absolute Gasteiger partial charge is 0.276 e. The Morgan fingerprint density at radius 1 is 1.26 bits per heavy atom. The van der Waals surface area contributed by atoms with Crippen molar-refractivity contribution in [2.45, 2.75) is 0 Å². The molecule has 0 radical (unpaired) electrons. The van der Waals surface area contributed by atoms with Gasteiger partial charge in [0, 0.05) is 7.05 Å². The monoisotopic (exact) mass is 370 g/mol. The number of benzene rings is 1. The molecule has 2 heterocycles. The molecule has 2 aromatic heterocycles. The lowest BCUT2D eigenvalue weighted by atomic mass is 10.3. The fourth-order valence-corrected chi connectivity index (χ4v) is 2.68. The Labute approximate surface area is 140 Å². The van der Waals surface area contributed by atoms with Gasteiger partial charge in [-0.15, -0.1) is 0 Å². The number of rotatable bonds is 3. The van der Waals surface area contributed by atoms with Gasteiger partial charge in [-0.3, -0.25) is 9.48 Å². The Kier molecular flexibility index (Phi) is 3.95. The Morgan fingerprint density at radius 3 is 2.61 bits per heavy atom. The van der Waals surface area contributed by atoms with Crippen LogP contribution in [0.15, 0.2) is 47.2 Å². The van der Waals surface area contributed by atoms with E-state index in [1.54, 1.807) is 7.05 Å². The second-order valence-corrected chi connectivity index (χ2v) is 5.54. The van der Waals surface area contributed by atoms with Crippen molar-refractivity contribution in [2.24, 2.45) is 7.05 Å². The van der Waals surface area contributed by atoms with Crippen LogP contribution in [-0.2, 0) is 7.05 Å². The molecule has 3 aromatic rings. The summed E-state index contributed by atoms with van der Waals surface area (Å²) in [4.78, 5) is 12.5. The van der Waals surface area contributed by atoms with Gasteiger partial charge in [-0.1, -0.05) is 18.2 Å². The van der Waals surface area contributed by atoms with Gasteiger partial charge in [-0.2, -0.15) is 15.5 Å². The summed E-state index contributed by atoms with van der Waals surface area (Å²) in [5.41, 5.74) is 1.38. The van der Waals surface area contributed by atoms with Crippen molar-refractivity contribution in [3.63, 3.8) is 0 Å². The average molecular weight is 371 g/mol. The number of hydrogen-bond donors (Lipinski definition) is 1. The summed E-state index contributed by atoms with van der Waals surface area (Å²) in [6.45, 7) is 0. The number of nitriles is 1. The van der Waals surface area contributed by atoms with Gasteiger partial charge in [-0.25, -0.2) is 4.68 Å². The standard InChI is InChI=1S/C15H11BrN6O/c1-21-13(12(16)9-18-21)15(23)20-14-10(7-17)8-19-22(14)11-5-3-2-4-6-11/h2-6,8-9H,1H3,(H,20,23). The molecule has 0 bridgehead atoms. The van der Waals surface area contributed by atoms with Gasteiger partial charge in [0.15, 0.2) is 5.82 Å². The van der Waals surface area contributed by atoms with Gasteiger partial charge in [-0.05, 0) is 28.1 Å². The molecule has 0 aliphatic carbocycles. The maximum Gasteiger partial charge on any atom is 0.276 e. The summed E-state index contributed by atoms with van der Waals surface area (Å²) in [6, 6.07) is 11.3. The number of aromatic nitrogens is 4. The Bertz CT molecular complexity index is 886. The lowest BCUT2D eigenvalue weighted by Crippen LogP contribution is -2.19. The van der Waals surface area contributed by atoms with E-state index in [-0.39, 0.29) is 11.5 Å². The van der Waals surface area contributed by atoms with Crippen molar-refractivity contribution < 1.29 is 4.79 Å². The zero-order chi connectivity index (χ0) is 16.4. The minimum atomic E-state index is -0.383. The molecular weight excluding hydrogens is 360 g/mol. The number of anilines is 1. The molecule has 0 fully saturated rings. The highest BCUT2D eigenvalue weighted by Crippen LogP contribution is 2.22. The molecule has 114 valence electrons.